The molecule has 0 aliphatic rings. The zero-order valence-electron chi connectivity index (χ0n) is 11.7. The van der Waals surface area contributed by atoms with Gasteiger partial charge in [-0.05, 0) is 31.0 Å². The third-order valence-electron chi connectivity index (χ3n) is 2.73. The average molecular weight is 313 g/mol. The van der Waals surface area contributed by atoms with E-state index in [-0.39, 0.29) is 17.4 Å². The summed E-state index contributed by atoms with van der Waals surface area (Å²) in [6.45, 7) is 4.33. The highest BCUT2D eigenvalue weighted by molar-refractivity contribution is 6.32. The van der Waals surface area contributed by atoms with Crippen molar-refractivity contribution < 1.29 is 13.5 Å². The minimum atomic E-state index is -0.883. The van der Waals surface area contributed by atoms with Crippen LogP contribution in [-0.4, -0.2) is 11.5 Å². The summed E-state index contributed by atoms with van der Waals surface area (Å²) >= 11 is 6.02. The first-order chi connectivity index (χ1) is 10.0. The second-order valence-corrected chi connectivity index (χ2v) is 4.98. The maximum Gasteiger partial charge on any atom is 0.258 e. The Morgan fingerprint density at radius 1 is 1.24 bits per heavy atom. The van der Waals surface area contributed by atoms with Gasteiger partial charge < -0.3 is 10.1 Å². The molecule has 21 heavy (non-hydrogen) atoms. The largest absolute Gasteiger partial charge is 0.435 e. The minimum absolute atomic E-state index is 0.0449. The zero-order valence-corrected chi connectivity index (χ0v) is 12.5. The van der Waals surface area contributed by atoms with Gasteiger partial charge in [0, 0.05) is 12.6 Å². The number of nitrogens with one attached hydrogen (secondary N) is 1. The van der Waals surface area contributed by atoms with Crippen LogP contribution in [0.1, 0.15) is 18.9 Å². The first-order valence-corrected chi connectivity index (χ1v) is 6.93. The molecule has 6 heteroatoms. The standard InChI is InChI=1S/C15H15ClF2N2O/c1-3-6-19-14-11(17)8-12(18)15(20-14)21-13-5-4-9(2)7-10(13)16/h4-5,7-8H,3,6H2,1-2H3,(H,19,20). The van der Waals surface area contributed by atoms with Crippen LogP contribution in [0, 0.1) is 18.6 Å². The number of benzene rings is 1. The van der Waals surface area contributed by atoms with E-state index < -0.39 is 11.6 Å². The molecule has 1 N–H and O–H groups in total. The third-order valence-corrected chi connectivity index (χ3v) is 3.03. The molecule has 0 amide bonds. The van der Waals surface area contributed by atoms with Crippen LogP contribution in [-0.2, 0) is 0 Å². The van der Waals surface area contributed by atoms with Crippen LogP contribution < -0.4 is 10.1 Å². The Bertz CT molecular complexity index is 650. The number of pyridine rings is 1. The van der Waals surface area contributed by atoms with Gasteiger partial charge in [0.2, 0.25) is 0 Å². The van der Waals surface area contributed by atoms with Gasteiger partial charge in [-0.15, -0.1) is 0 Å². The fourth-order valence-electron chi connectivity index (χ4n) is 1.68. The van der Waals surface area contributed by atoms with Gasteiger partial charge in [-0.2, -0.15) is 4.98 Å². The fraction of sp³-hybridized carbons (Fsp3) is 0.267. The Hall–Kier alpha value is -1.88. The fourth-order valence-corrected chi connectivity index (χ4v) is 1.96. The Morgan fingerprint density at radius 2 is 2.00 bits per heavy atom. The predicted octanol–water partition coefficient (Wildman–Crippen LogP) is 4.94. The summed E-state index contributed by atoms with van der Waals surface area (Å²) in [5.41, 5.74) is 0.949. The molecule has 0 fully saturated rings. The van der Waals surface area contributed by atoms with Crippen molar-refractivity contribution in [3.63, 3.8) is 0 Å². The van der Waals surface area contributed by atoms with Crippen molar-refractivity contribution in [3.05, 3.63) is 46.5 Å². The Kier molecular flexibility index (Phi) is 4.96. The smallest absolute Gasteiger partial charge is 0.258 e. The summed E-state index contributed by atoms with van der Waals surface area (Å²) in [6.07, 6.45) is 0.790. The summed E-state index contributed by atoms with van der Waals surface area (Å²) in [7, 11) is 0. The number of ether oxygens (including phenoxy) is 1. The number of anilines is 1. The second kappa shape index (κ2) is 6.72. The van der Waals surface area contributed by atoms with Crippen molar-refractivity contribution in [3.8, 4) is 11.6 Å². The Labute approximate surface area is 126 Å². The third kappa shape index (κ3) is 3.82. The summed E-state index contributed by atoms with van der Waals surface area (Å²) in [6, 6.07) is 5.82. The molecule has 0 atom stereocenters. The van der Waals surface area contributed by atoms with Gasteiger partial charge in [0.1, 0.15) is 5.75 Å². The van der Waals surface area contributed by atoms with E-state index >= 15 is 0 Å². The molecule has 1 aromatic heterocycles. The number of aromatic nitrogens is 1. The van der Waals surface area contributed by atoms with Crippen molar-refractivity contribution in [2.45, 2.75) is 20.3 Å². The predicted molar refractivity (Wildman–Crippen MR) is 79.2 cm³/mol. The summed E-state index contributed by atoms with van der Waals surface area (Å²) in [5, 5.41) is 3.11. The molecule has 0 unspecified atom stereocenters. The average Bonchev–Trinajstić information content (AvgIpc) is 2.43. The molecular weight excluding hydrogens is 298 g/mol. The quantitative estimate of drug-likeness (QED) is 0.849. The maximum atomic E-state index is 13.8. The molecule has 0 aliphatic carbocycles. The Balaban J connectivity index is 2.30. The van der Waals surface area contributed by atoms with E-state index in [1.165, 1.54) is 0 Å². The van der Waals surface area contributed by atoms with Crippen molar-refractivity contribution in [1.29, 1.82) is 0 Å². The van der Waals surface area contributed by atoms with E-state index in [1.54, 1.807) is 18.2 Å². The number of halogens is 3. The van der Waals surface area contributed by atoms with Crippen molar-refractivity contribution in [1.82, 2.24) is 4.98 Å². The van der Waals surface area contributed by atoms with Crippen LogP contribution in [0.25, 0.3) is 0 Å². The molecule has 0 saturated carbocycles. The summed E-state index contributed by atoms with van der Waals surface area (Å²) in [5.74, 6) is -1.74. The summed E-state index contributed by atoms with van der Waals surface area (Å²) in [4.78, 5) is 3.83. The molecular formula is C15H15ClF2N2O. The van der Waals surface area contributed by atoms with Gasteiger partial charge in [0.05, 0.1) is 5.02 Å². The zero-order chi connectivity index (χ0) is 15.4. The van der Waals surface area contributed by atoms with Crippen LogP contribution in [0.2, 0.25) is 5.02 Å². The Morgan fingerprint density at radius 3 is 2.67 bits per heavy atom. The lowest BCUT2D eigenvalue weighted by atomic mass is 10.2. The maximum absolute atomic E-state index is 13.8. The topological polar surface area (TPSA) is 34.2 Å². The molecule has 3 nitrogen and oxygen atoms in total. The van der Waals surface area contributed by atoms with Crippen LogP contribution in [0.3, 0.4) is 0 Å². The molecule has 1 heterocycles. The number of hydrogen-bond donors (Lipinski definition) is 1. The number of rotatable bonds is 5. The lowest BCUT2D eigenvalue weighted by Crippen LogP contribution is -2.06. The molecule has 0 bridgehead atoms. The lowest BCUT2D eigenvalue weighted by molar-refractivity contribution is 0.418. The molecule has 0 radical (unpaired) electrons. The molecule has 0 spiro atoms. The van der Waals surface area contributed by atoms with Crippen LogP contribution in [0.15, 0.2) is 24.3 Å². The highest BCUT2D eigenvalue weighted by Gasteiger charge is 2.14. The first kappa shape index (κ1) is 15.5. The van der Waals surface area contributed by atoms with Gasteiger partial charge >= 0.3 is 0 Å². The van der Waals surface area contributed by atoms with E-state index in [4.69, 9.17) is 16.3 Å². The van der Waals surface area contributed by atoms with E-state index in [2.05, 4.69) is 10.3 Å². The number of aryl methyl sites for hydroxylation is 1. The highest BCUT2D eigenvalue weighted by Crippen LogP contribution is 2.31. The van der Waals surface area contributed by atoms with Gasteiger partial charge in [-0.3, -0.25) is 0 Å². The molecule has 1 aromatic carbocycles. The monoisotopic (exact) mass is 312 g/mol. The highest BCUT2D eigenvalue weighted by atomic mass is 35.5. The van der Waals surface area contributed by atoms with Crippen molar-refractivity contribution in [2.24, 2.45) is 0 Å². The second-order valence-electron chi connectivity index (χ2n) is 4.57. The normalized spacial score (nSPS) is 10.5. The first-order valence-electron chi connectivity index (χ1n) is 6.55. The van der Waals surface area contributed by atoms with Gasteiger partial charge in [0.25, 0.3) is 5.88 Å². The van der Waals surface area contributed by atoms with Crippen molar-refractivity contribution in [2.75, 3.05) is 11.9 Å². The van der Waals surface area contributed by atoms with Crippen LogP contribution in [0.4, 0.5) is 14.6 Å². The van der Waals surface area contributed by atoms with Gasteiger partial charge in [-0.25, -0.2) is 8.78 Å². The lowest BCUT2D eigenvalue weighted by Gasteiger charge is -2.11. The molecule has 2 rings (SSSR count). The summed E-state index contributed by atoms with van der Waals surface area (Å²) < 4.78 is 32.7. The van der Waals surface area contributed by atoms with E-state index in [0.29, 0.717) is 11.6 Å². The molecule has 0 aliphatic heterocycles. The van der Waals surface area contributed by atoms with E-state index in [0.717, 1.165) is 18.1 Å². The number of nitrogens with zero attached hydrogens (tertiary/aromatic N) is 1. The number of hydrogen-bond acceptors (Lipinski definition) is 3. The van der Waals surface area contributed by atoms with Crippen molar-refractivity contribution >= 4 is 17.4 Å². The molecule has 112 valence electrons. The van der Waals surface area contributed by atoms with Gasteiger partial charge in [0.15, 0.2) is 17.5 Å². The molecule has 0 saturated heterocycles. The van der Waals surface area contributed by atoms with Crippen LogP contribution >= 0.6 is 11.6 Å². The minimum Gasteiger partial charge on any atom is -0.435 e. The molecule has 2 aromatic rings. The van der Waals surface area contributed by atoms with Gasteiger partial charge in [-0.1, -0.05) is 24.6 Å². The van der Waals surface area contributed by atoms with E-state index in [9.17, 15) is 8.78 Å². The SMILES string of the molecule is CCCNc1nc(Oc2ccc(C)cc2Cl)c(F)cc1F. The van der Waals surface area contributed by atoms with E-state index in [1.807, 2.05) is 13.8 Å². The van der Waals surface area contributed by atoms with Crippen LogP contribution in [0.5, 0.6) is 11.6 Å².